The molecule has 0 radical (unpaired) electrons. The molecule has 7 nitrogen and oxygen atoms in total. The number of nitrogens with zero attached hydrogens (tertiary/aromatic N) is 4. The highest BCUT2D eigenvalue weighted by Crippen LogP contribution is 2.15. The Hall–Kier alpha value is -2.96. The van der Waals surface area contributed by atoms with Crippen molar-refractivity contribution in [1.82, 2.24) is 19.6 Å². The van der Waals surface area contributed by atoms with Crippen LogP contribution in [0.4, 0.5) is 0 Å². The number of fused-ring (bicyclic) bond motifs is 1. The van der Waals surface area contributed by atoms with Gasteiger partial charge >= 0.3 is 5.97 Å². The smallest absolute Gasteiger partial charge is 0.306 e. The predicted molar refractivity (Wildman–Crippen MR) is 91.5 cm³/mol. The van der Waals surface area contributed by atoms with Crippen molar-refractivity contribution in [3.8, 4) is 5.75 Å². The molecule has 0 N–H and O–H groups in total. The van der Waals surface area contributed by atoms with Gasteiger partial charge in [0.1, 0.15) is 25.3 Å². The Bertz CT molecular complexity index is 861. The zero-order chi connectivity index (χ0) is 17.6. The molecule has 7 heteroatoms. The summed E-state index contributed by atoms with van der Waals surface area (Å²) in [5.74, 6) is 1.07. The summed E-state index contributed by atoms with van der Waals surface area (Å²) in [6, 6.07) is 9.43. The van der Waals surface area contributed by atoms with Gasteiger partial charge in [0.2, 0.25) is 0 Å². The summed E-state index contributed by atoms with van der Waals surface area (Å²) in [4.78, 5) is 20.4. The number of benzene rings is 1. The van der Waals surface area contributed by atoms with Gasteiger partial charge in [-0.25, -0.2) is 9.50 Å². The average Bonchev–Trinajstić information content (AvgIpc) is 3.08. The number of hydrogen-bond donors (Lipinski definition) is 0. The number of ether oxygens (including phenoxy) is 2. The van der Waals surface area contributed by atoms with Gasteiger partial charge in [0.05, 0.1) is 0 Å². The zero-order valence-corrected chi connectivity index (χ0v) is 14.3. The lowest BCUT2D eigenvalue weighted by Crippen LogP contribution is -2.14. The van der Waals surface area contributed by atoms with E-state index < -0.39 is 0 Å². The molecule has 0 saturated heterocycles. The summed E-state index contributed by atoms with van der Waals surface area (Å²) in [5, 5.41) is 4.15. The number of aryl methyl sites for hydroxylation is 2. The molecule has 0 spiro atoms. The molecule has 0 bridgehead atoms. The maximum absolute atomic E-state index is 11.9. The van der Waals surface area contributed by atoms with Crippen LogP contribution in [0.5, 0.6) is 5.75 Å². The Kier molecular flexibility index (Phi) is 5.23. The Labute approximate surface area is 145 Å². The fourth-order valence-electron chi connectivity index (χ4n) is 2.65. The minimum absolute atomic E-state index is 0.228. The van der Waals surface area contributed by atoms with Crippen LogP contribution in [-0.4, -0.2) is 38.8 Å². The third-order valence-corrected chi connectivity index (χ3v) is 3.93. The summed E-state index contributed by atoms with van der Waals surface area (Å²) in [6.07, 6.45) is 2.31. The molecule has 0 fully saturated rings. The first-order chi connectivity index (χ1) is 12.1. The molecule has 130 valence electrons. The van der Waals surface area contributed by atoms with Crippen LogP contribution >= 0.6 is 0 Å². The normalized spacial score (nSPS) is 10.8. The number of aromatic nitrogens is 4. The van der Waals surface area contributed by atoms with E-state index in [1.807, 2.05) is 44.2 Å². The average molecular weight is 340 g/mol. The van der Waals surface area contributed by atoms with Crippen LogP contribution in [0.3, 0.4) is 0 Å². The van der Waals surface area contributed by atoms with Crippen molar-refractivity contribution in [2.75, 3.05) is 13.2 Å². The fourth-order valence-corrected chi connectivity index (χ4v) is 2.65. The van der Waals surface area contributed by atoms with Gasteiger partial charge in [-0.05, 0) is 38.0 Å². The molecule has 0 saturated carbocycles. The zero-order valence-electron chi connectivity index (χ0n) is 14.3. The Balaban J connectivity index is 1.47. The van der Waals surface area contributed by atoms with E-state index in [2.05, 4.69) is 15.1 Å². The van der Waals surface area contributed by atoms with Crippen LogP contribution in [-0.2, 0) is 16.0 Å². The molecule has 0 aliphatic heterocycles. The Morgan fingerprint density at radius 1 is 1.16 bits per heavy atom. The van der Waals surface area contributed by atoms with Gasteiger partial charge in [0, 0.05) is 17.8 Å². The van der Waals surface area contributed by atoms with Crippen LogP contribution in [0.15, 0.2) is 36.7 Å². The fraction of sp³-hybridized carbons (Fsp3) is 0.333. The number of esters is 1. The quantitative estimate of drug-likeness (QED) is 0.485. The lowest BCUT2D eigenvalue weighted by molar-refractivity contribution is -0.144. The number of carbonyl (C=O) groups excluding carboxylic acids is 1. The van der Waals surface area contributed by atoms with E-state index in [0.717, 1.165) is 22.7 Å². The molecule has 0 aliphatic rings. The van der Waals surface area contributed by atoms with E-state index in [4.69, 9.17) is 9.47 Å². The minimum atomic E-state index is -0.255. The predicted octanol–water partition coefficient (Wildman–Crippen LogP) is 2.30. The van der Waals surface area contributed by atoms with E-state index in [9.17, 15) is 4.79 Å². The second-order valence-corrected chi connectivity index (χ2v) is 5.62. The number of carbonyl (C=O) groups is 1. The molecule has 0 unspecified atom stereocenters. The summed E-state index contributed by atoms with van der Waals surface area (Å²) < 4.78 is 12.4. The van der Waals surface area contributed by atoms with Crippen LogP contribution < -0.4 is 4.74 Å². The molecule has 0 amide bonds. The standard InChI is InChI=1S/C18H20N4O3/c1-13-16(14(2)22-18(21-13)19-12-20-22)8-9-17(23)25-11-10-24-15-6-4-3-5-7-15/h3-7,12H,8-11H2,1-2H3. The van der Waals surface area contributed by atoms with E-state index in [-0.39, 0.29) is 19.0 Å². The lowest BCUT2D eigenvalue weighted by Gasteiger charge is -2.10. The molecule has 25 heavy (non-hydrogen) atoms. The molecule has 2 aromatic heterocycles. The Morgan fingerprint density at radius 3 is 2.76 bits per heavy atom. The molecule has 1 aromatic carbocycles. The summed E-state index contributed by atoms with van der Waals surface area (Å²) in [6.45, 7) is 4.42. The van der Waals surface area contributed by atoms with Crippen molar-refractivity contribution in [1.29, 1.82) is 0 Å². The maximum Gasteiger partial charge on any atom is 0.306 e. The first kappa shape index (κ1) is 16.9. The van der Waals surface area contributed by atoms with Gasteiger partial charge in [-0.15, -0.1) is 0 Å². The van der Waals surface area contributed by atoms with Crippen molar-refractivity contribution >= 4 is 11.7 Å². The first-order valence-corrected chi connectivity index (χ1v) is 8.14. The van der Waals surface area contributed by atoms with Crippen molar-refractivity contribution in [2.24, 2.45) is 0 Å². The second-order valence-electron chi connectivity index (χ2n) is 5.62. The number of rotatable bonds is 7. The maximum atomic E-state index is 11.9. The van der Waals surface area contributed by atoms with E-state index >= 15 is 0 Å². The summed E-state index contributed by atoms with van der Waals surface area (Å²) in [5.41, 5.74) is 2.80. The van der Waals surface area contributed by atoms with E-state index in [0.29, 0.717) is 18.8 Å². The lowest BCUT2D eigenvalue weighted by atomic mass is 10.1. The molecular weight excluding hydrogens is 320 g/mol. The second kappa shape index (κ2) is 7.74. The molecule has 0 aliphatic carbocycles. The van der Waals surface area contributed by atoms with Crippen LogP contribution in [0.25, 0.3) is 5.78 Å². The van der Waals surface area contributed by atoms with E-state index in [1.54, 1.807) is 4.52 Å². The molecule has 3 aromatic rings. The van der Waals surface area contributed by atoms with Gasteiger partial charge in [-0.2, -0.15) is 10.1 Å². The van der Waals surface area contributed by atoms with Gasteiger partial charge < -0.3 is 9.47 Å². The van der Waals surface area contributed by atoms with Crippen LogP contribution in [0.2, 0.25) is 0 Å². The first-order valence-electron chi connectivity index (χ1n) is 8.14. The van der Waals surface area contributed by atoms with Crippen molar-refractivity contribution in [3.05, 3.63) is 53.6 Å². The molecule has 3 rings (SSSR count). The van der Waals surface area contributed by atoms with Crippen LogP contribution in [0.1, 0.15) is 23.4 Å². The monoisotopic (exact) mass is 340 g/mol. The summed E-state index contributed by atoms with van der Waals surface area (Å²) >= 11 is 0. The third kappa shape index (κ3) is 4.12. The topological polar surface area (TPSA) is 78.6 Å². The molecular formula is C18H20N4O3. The van der Waals surface area contributed by atoms with E-state index in [1.165, 1.54) is 6.33 Å². The van der Waals surface area contributed by atoms with Gasteiger partial charge in [0.25, 0.3) is 5.78 Å². The highest BCUT2D eigenvalue weighted by Gasteiger charge is 2.13. The largest absolute Gasteiger partial charge is 0.490 e. The highest BCUT2D eigenvalue weighted by molar-refractivity contribution is 5.69. The van der Waals surface area contributed by atoms with Gasteiger partial charge in [-0.1, -0.05) is 18.2 Å². The van der Waals surface area contributed by atoms with Crippen molar-refractivity contribution < 1.29 is 14.3 Å². The third-order valence-electron chi connectivity index (χ3n) is 3.93. The minimum Gasteiger partial charge on any atom is -0.490 e. The molecule has 0 atom stereocenters. The number of para-hydroxylation sites is 1. The highest BCUT2D eigenvalue weighted by atomic mass is 16.6. The molecule has 2 heterocycles. The number of hydrogen-bond acceptors (Lipinski definition) is 6. The van der Waals surface area contributed by atoms with Gasteiger partial charge in [-0.3, -0.25) is 4.79 Å². The van der Waals surface area contributed by atoms with Crippen molar-refractivity contribution in [2.45, 2.75) is 26.7 Å². The Morgan fingerprint density at radius 2 is 1.96 bits per heavy atom. The summed E-state index contributed by atoms with van der Waals surface area (Å²) in [7, 11) is 0. The van der Waals surface area contributed by atoms with Crippen molar-refractivity contribution in [3.63, 3.8) is 0 Å². The SMILES string of the molecule is Cc1nc2ncnn2c(C)c1CCC(=O)OCCOc1ccccc1. The van der Waals surface area contributed by atoms with Crippen LogP contribution in [0, 0.1) is 13.8 Å². The van der Waals surface area contributed by atoms with Gasteiger partial charge in [0.15, 0.2) is 0 Å².